The summed E-state index contributed by atoms with van der Waals surface area (Å²) in [6.07, 6.45) is 2.29. The average Bonchev–Trinajstić information content (AvgIpc) is 2.51. The normalized spacial score (nSPS) is 18.5. The SMILES string of the molecule is COc1cc(CNC(=O)N2CCOC(CS(C)(=O)=O)C2)ccn1. The number of sulfone groups is 1. The highest BCUT2D eigenvalue weighted by molar-refractivity contribution is 7.90. The Morgan fingerprint density at radius 1 is 1.57 bits per heavy atom. The first-order chi connectivity index (χ1) is 10.9. The zero-order valence-electron chi connectivity index (χ0n) is 13.2. The van der Waals surface area contributed by atoms with Crippen molar-refractivity contribution >= 4 is 15.9 Å². The molecule has 0 aromatic carbocycles. The van der Waals surface area contributed by atoms with Crippen LogP contribution >= 0.6 is 0 Å². The van der Waals surface area contributed by atoms with Gasteiger partial charge in [0.25, 0.3) is 0 Å². The fourth-order valence-electron chi connectivity index (χ4n) is 2.30. The van der Waals surface area contributed by atoms with E-state index in [4.69, 9.17) is 9.47 Å². The third kappa shape index (κ3) is 5.68. The molecule has 23 heavy (non-hydrogen) atoms. The van der Waals surface area contributed by atoms with Crippen molar-refractivity contribution in [3.8, 4) is 5.88 Å². The summed E-state index contributed by atoms with van der Waals surface area (Å²) in [5.74, 6) is 0.398. The van der Waals surface area contributed by atoms with Crippen LogP contribution in [0.1, 0.15) is 5.56 Å². The van der Waals surface area contributed by atoms with Crippen LogP contribution in [0.3, 0.4) is 0 Å². The van der Waals surface area contributed by atoms with Gasteiger partial charge in [-0.3, -0.25) is 0 Å². The number of methoxy groups -OCH3 is 1. The van der Waals surface area contributed by atoms with Gasteiger partial charge in [0.05, 0.1) is 25.6 Å². The molecule has 1 aromatic heterocycles. The van der Waals surface area contributed by atoms with Crippen LogP contribution in [0.5, 0.6) is 5.88 Å². The van der Waals surface area contributed by atoms with Crippen LogP contribution in [0.25, 0.3) is 0 Å². The highest BCUT2D eigenvalue weighted by atomic mass is 32.2. The van der Waals surface area contributed by atoms with E-state index in [1.54, 1.807) is 23.2 Å². The first-order valence-electron chi connectivity index (χ1n) is 7.18. The molecule has 1 aromatic rings. The van der Waals surface area contributed by atoms with Crippen LogP contribution in [0, 0.1) is 0 Å². The van der Waals surface area contributed by atoms with Gasteiger partial charge in [0.2, 0.25) is 5.88 Å². The Balaban J connectivity index is 1.87. The number of aromatic nitrogens is 1. The van der Waals surface area contributed by atoms with Gasteiger partial charge < -0.3 is 19.7 Å². The van der Waals surface area contributed by atoms with Gasteiger partial charge in [0.1, 0.15) is 9.84 Å². The summed E-state index contributed by atoms with van der Waals surface area (Å²) in [4.78, 5) is 17.8. The molecule has 0 saturated carbocycles. The van der Waals surface area contributed by atoms with Gasteiger partial charge in [-0.1, -0.05) is 0 Å². The van der Waals surface area contributed by atoms with E-state index in [0.29, 0.717) is 25.6 Å². The lowest BCUT2D eigenvalue weighted by Crippen LogP contribution is -2.51. The molecule has 1 saturated heterocycles. The van der Waals surface area contributed by atoms with Crippen molar-refractivity contribution in [2.24, 2.45) is 0 Å². The van der Waals surface area contributed by atoms with Crippen LogP contribution in [0.2, 0.25) is 0 Å². The van der Waals surface area contributed by atoms with Gasteiger partial charge in [-0.15, -0.1) is 0 Å². The molecular weight excluding hydrogens is 322 g/mol. The van der Waals surface area contributed by atoms with Crippen LogP contribution < -0.4 is 10.1 Å². The number of rotatable bonds is 5. The molecule has 2 rings (SSSR count). The minimum atomic E-state index is -3.14. The van der Waals surface area contributed by atoms with E-state index < -0.39 is 15.9 Å². The lowest BCUT2D eigenvalue weighted by molar-refractivity contribution is -0.00170. The third-order valence-corrected chi connectivity index (χ3v) is 4.34. The minimum Gasteiger partial charge on any atom is -0.481 e. The molecular formula is C14H21N3O5S. The molecule has 0 radical (unpaired) electrons. The van der Waals surface area contributed by atoms with Crippen molar-refractivity contribution in [1.82, 2.24) is 15.2 Å². The highest BCUT2D eigenvalue weighted by Crippen LogP contribution is 2.10. The van der Waals surface area contributed by atoms with Gasteiger partial charge in [0, 0.05) is 38.2 Å². The second kappa shape index (κ2) is 7.60. The number of hydrogen-bond acceptors (Lipinski definition) is 6. The number of morpholine rings is 1. The van der Waals surface area contributed by atoms with E-state index in [1.807, 2.05) is 0 Å². The Hall–Kier alpha value is -1.87. The molecule has 0 spiro atoms. The number of hydrogen-bond donors (Lipinski definition) is 1. The molecule has 2 amide bonds. The zero-order valence-corrected chi connectivity index (χ0v) is 14.0. The first-order valence-corrected chi connectivity index (χ1v) is 9.24. The van der Waals surface area contributed by atoms with E-state index in [9.17, 15) is 13.2 Å². The number of carbonyl (C=O) groups is 1. The summed E-state index contributed by atoms with van der Waals surface area (Å²) < 4.78 is 33.1. The molecule has 1 unspecified atom stereocenters. The molecule has 1 aliphatic rings. The van der Waals surface area contributed by atoms with Crippen molar-refractivity contribution in [2.45, 2.75) is 12.6 Å². The number of pyridine rings is 1. The molecule has 0 bridgehead atoms. The largest absolute Gasteiger partial charge is 0.481 e. The van der Waals surface area contributed by atoms with Gasteiger partial charge in [-0.25, -0.2) is 18.2 Å². The van der Waals surface area contributed by atoms with Gasteiger partial charge in [-0.2, -0.15) is 0 Å². The van der Waals surface area contributed by atoms with Gasteiger partial charge in [-0.05, 0) is 11.6 Å². The van der Waals surface area contributed by atoms with Gasteiger partial charge in [0.15, 0.2) is 0 Å². The predicted octanol–water partition coefficient (Wildman–Crippen LogP) is 0.0452. The molecule has 2 heterocycles. The maximum Gasteiger partial charge on any atom is 0.317 e. The topological polar surface area (TPSA) is 97.8 Å². The summed E-state index contributed by atoms with van der Waals surface area (Å²) in [5.41, 5.74) is 0.867. The number of amides is 2. The Bertz CT molecular complexity index is 650. The van der Waals surface area contributed by atoms with Crippen molar-refractivity contribution in [3.63, 3.8) is 0 Å². The molecule has 1 N–H and O–H groups in total. The molecule has 128 valence electrons. The Labute approximate surface area is 135 Å². The lowest BCUT2D eigenvalue weighted by atomic mass is 10.2. The van der Waals surface area contributed by atoms with Crippen LogP contribution in [0.4, 0.5) is 4.79 Å². The first kappa shape index (κ1) is 17.5. The van der Waals surface area contributed by atoms with Crippen molar-refractivity contribution in [3.05, 3.63) is 23.9 Å². The summed E-state index contributed by atoms with van der Waals surface area (Å²) in [6, 6.07) is 3.28. The number of nitrogens with one attached hydrogen (secondary N) is 1. The van der Waals surface area contributed by atoms with E-state index in [1.165, 1.54) is 7.11 Å². The average molecular weight is 343 g/mol. The fourth-order valence-corrected chi connectivity index (χ4v) is 3.18. The number of nitrogens with zero attached hydrogens (tertiary/aromatic N) is 2. The number of carbonyl (C=O) groups excluding carboxylic acids is 1. The Morgan fingerprint density at radius 3 is 3.04 bits per heavy atom. The highest BCUT2D eigenvalue weighted by Gasteiger charge is 2.26. The van der Waals surface area contributed by atoms with E-state index >= 15 is 0 Å². The van der Waals surface area contributed by atoms with Crippen LogP contribution in [-0.2, 0) is 21.1 Å². The minimum absolute atomic E-state index is 0.0850. The standard InChI is InChI=1S/C14H21N3O5S/c1-21-13-7-11(3-4-15-13)8-16-14(18)17-5-6-22-12(9-17)10-23(2,19)20/h3-4,7,12H,5-6,8-10H2,1-2H3,(H,16,18). The molecule has 9 heteroatoms. The van der Waals surface area contributed by atoms with Crippen molar-refractivity contribution in [2.75, 3.05) is 38.8 Å². The summed E-state index contributed by atoms with van der Waals surface area (Å²) in [6.45, 7) is 1.37. The summed E-state index contributed by atoms with van der Waals surface area (Å²) in [7, 11) is -1.61. The lowest BCUT2D eigenvalue weighted by Gasteiger charge is -2.32. The molecule has 0 aliphatic carbocycles. The molecule has 1 fully saturated rings. The van der Waals surface area contributed by atoms with Crippen LogP contribution in [0.15, 0.2) is 18.3 Å². The molecule has 1 atom stereocenters. The van der Waals surface area contributed by atoms with Crippen LogP contribution in [-0.4, -0.2) is 69.3 Å². The zero-order chi connectivity index (χ0) is 16.9. The predicted molar refractivity (Wildman–Crippen MR) is 84.0 cm³/mol. The van der Waals surface area contributed by atoms with E-state index in [0.717, 1.165) is 11.8 Å². The number of ether oxygens (including phenoxy) is 2. The maximum absolute atomic E-state index is 12.2. The van der Waals surface area contributed by atoms with Crippen molar-refractivity contribution in [1.29, 1.82) is 0 Å². The molecule has 1 aliphatic heterocycles. The molecule has 8 nitrogen and oxygen atoms in total. The maximum atomic E-state index is 12.2. The summed E-state index contributed by atoms with van der Waals surface area (Å²) >= 11 is 0. The second-order valence-electron chi connectivity index (χ2n) is 5.40. The third-order valence-electron chi connectivity index (χ3n) is 3.37. The Morgan fingerprint density at radius 2 is 2.35 bits per heavy atom. The fraction of sp³-hybridized carbons (Fsp3) is 0.571. The second-order valence-corrected chi connectivity index (χ2v) is 7.58. The monoisotopic (exact) mass is 343 g/mol. The van der Waals surface area contributed by atoms with Crippen molar-refractivity contribution < 1.29 is 22.7 Å². The van der Waals surface area contributed by atoms with Gasteiger partial charge >= 0.3 is 6.03 Å². The Kier molecular flexibility index (Phi) is 5.78. The number of urea groups is 1. The quantitative estimate of drug-likeness (QED) is 0.811. The summed E-state index contributed by atoms with van der Waals surface area (Å²) in [5, 5.41) is 2.80. The smallest absolute Gasteiger partial charge is 0.317 e. The van der Waals surface area contributed by atoms with E-state index in [2.05, 4.69) is 10.3 Å². The van der Waals surface area contributed by atoms with E-state index in [-0.39, 0.29) is 18.3 Å².